The topological polar surface area (TPSA) is 119 Å². The molecule has 2 heterocycles. The third-order valence-electron chi connectivity index (χ3n) is 6.85. The number of hydrogen-bond acceptors (Lipinski definition) is 8. The summed E-state index contributed by atoms with van der Waals surface area (Å²) < 4.78 is 16.6. The Balaban J connectivity index is 1.71. The highest BCUT2D eigenvalue weighted by Gasteiger charge is 2.22. The molecule has 10 nitrogen and oxygen atoms in total. The summed E-state index contributed by atoms with van der Waals surface area (Å²) in [7, 11) is 4.65. The number of nitrogens with zero attached hydrogens (tertiary/aromatic N) is 4. The van der Waals surface area contributed by atoms with Crippen LogP contribution in [-0.2, 0) is 0 Å². The van der Waals surface area contributed by atoms with Gasteiger partial charge in [-0.05, 0) is 30.2 Å². The highest BCUT2D eigenvalue weighted by atomic mass is 16.5. The van der Waals surface area contributed by atoms with E-state index in [2.05, 4.69) is 15.3 Å². The van der Waals surface area contributed by atoms with Gasteiger partial charge in [0.1, 0.15) is 11.3 Å². The zero-order valence-electron chi connectivity index (χ0n) is 23.7. The van der Waals surface area contributed by atoms with Crippen molar-refractivity contribution >= 4 is 28.8 Å². The van der Waals surface area contributed by atoms with Crippen molar-refractivity contribution in [2.24, 2.45) is 0 Å². The van der Waals surface area contributed by atoms with E-state index in [-0.39, 0.29) is 18.4 Å². The van der Waals surface area contributed by atoms with E-state index in [0.717, 1.165) is 11.1 Å². The lowest BCUT2D eigenvalue weighted by Crippen LogP contribution is -2.29. The summed E-state index contributed by atoms with van der Waals surface area (Å²) in [5.41, 5.74) is 4.63. The number of methoxy groups -OCH3 is 3. The average molecular weight is 566 g/mol. The van der Waals surface area contributed by atoms with Crippen LogP contribution in [-0.4, -0.2) is 54.0 Å². The molecule has 2 aromatic heterocycles. The molecule has 5 aromatic rings. The monoisotopic (exact) mass is 565 g/mol. The maximum absolute atomic E-state index is 12.1. The number of carbonyl (C=O) groups is 1. The van der Waals surface area contributed by atoms with E-state index in [1.807, 2.05) is 60.7 Å². The molecule has 0 aliphatic rings. The van der Waals surface area contributed by atoms with E-state index in [4.69, 9.17) is 19.2 Å². The second-order valence-electron chi connectivity index (χ2n) is 9.30. The minimum absolute atomic E-state index is 0.213. The summed E-state index contributed by atoms with van der Waals surface area (Å²) in [5, 5.41) is 13.5. The number of benzene rings is 3. The van der Waals surface area contributed by atoms with Crippen LogP contribution in [0, 0.1) is 0 Å². The third-order valence-corrected chi connectivity index (χ3v) is 6.85. The van der Waals surface area contributed by atoms with Crippen LogP contribution in [0.5, 0.6) is 17.2 Å². The van der Waals surface area contributed by atoms with E-state index in [0.29, 0.717) is 45.4 Å². The molecule has 1 amide bonds. The van der Waals surface area contributed by atoms with Gasteiger partial charge < -0.3 is 24.6 Å². The van der Waals surface area contributed by atoms with Crippen molar-refractivity contribution in [2.75, 3.05) is 38.1 Å². The summed E-state index contributed by atoms with van der Waals surface area (Å²) in [6.45, 7) is 1.97. The van der Waals surface area contributed by atoms with Gasteiger partial charge in [-0.2, -0.15) is 0 Å². The number of fused-ring (bicyclic) bond motifs is 1. The summed E-state index contributed by atoms with van der Waals surface area (Å²) in [4.78, 5) is 27.4. The van der Waals surface area contributed by atoms with E-state index >= 15 is 0 Å². The van der Waals surface area contributed by atoms with E-state index in [9.17, 15) is 9.90 Å². The molecule has 0 aliphatic heterocycles. The van der Waals surface area contributed by atoms with Gasteiger partial charge in [-0.3, -0.25) is 4.90 Å². The van der Waals surface area contributed by atoms with Gasteiger partial charge in [0, 0.05) is 18.2 Å². The lowest BCUT2D eigenvalue weighted by Gasteiger charge is -2.23. The van der Waals surface area contributed by atoms with Crippen molar-refractivity contribution in [1.29, 1.82) is 0 Å². The number of anilines is 2. The third kappa shape index (κ3) is 5.60. The smallest absolute Gasteiger partial charge is 0.413 e. The number of nitrogens with one attached hydrogen (secondary N) is 1. The fraction of sp³-hybridized carbons (Fsp3) is 0.188. The highest BCUT2D eigenvalue weighted by Crippen LogP contribution is 2.41. The first-order chi connectivity index (χ1) is 20.5. The Morgan fingerprint density at radius 1 is 0.881 bits per heavy atom. The number of carboxylic acid groups (broad SMARTS) is 1. The zero-order valence-corrected chi connectivity index (χ0v) is 23.7. The van der Waals surface area contributed by atoms with Crippen molar-refractivity contribution in [2.45, 2.75) is 13.0 Å². The summed E-state index contributed by atoms with van der Waals surface area (Å²) in [6.07, 6.45) is 0.479. The molecule has 0 saturated carbocycles. The van der Waals surface area contributed by atoms with E-state index < -0.39 is 6.09 Å². The van der Waals surface area contributed by atoms with E-state index in [1.54, 1.807) is 52.6 Å². The zero-order chi connectivity index (χ0) is 29.6. The summed E-state index contributed by atoms with van der Waals surface area (Å²) >= 11 is 0. The molecule has 10 heteroatoms. The molecular weight excluding hydrogens is 534 g/mol. The van der Waals surface area contributed by atoms with Gasteiger partial charge in [0.05, 0.1) is 44.9 Å². The first-order valence-electron chi connectivity index (χ1n) is 13.3. The van der Waals surface area contributed by atoms with Gasteiger partial charge in [0.25, 0.3) is 0 Å². The van der Waals surface area contributed by atoms with Gasteiger partial charge in [-0.15, -0.1) is 0 Å². The van der Waals surface area contributed by atoms with Crippen molar-refractivity contribution in [3.05, 3.63) is 96.2 Å². The quantitative estimate of drug-likeness (QED) is 0.198. The Morgan fingerprint density at radius 2 is 1.48 bits per heavy atom. The normalized spacial score (nSPS) is 10.9. The van der Waals surface area contributed by atoms with Crippen LogP contribution in [0.3, 0.4) is 0 Å². The summed E-state index contributed by atoms with van der Waals surface area (Å²) in [6, 6.07) is 25.0. The van der Waals surface area contributed by atoms with Crippen LogP contribution in [0.1, 0.15) is 24.1 Å². The molecule has 0 saturated heterocycles. The van der Waals surface area contributed by atoms with Crippen LogP contribution in [0.2, 0.25) is 0 Å². The van der Waals surface area contributed by atoms with Crippen LogP contribution in [0.4, 0.5) is 16.3 Å². The van der Waals surface area contributed by atoms with Gasteiger partial charge >= 0.3 is 6.09 Å². The molecule has 2 N–H and O–H groups in total. The Labute approximate surface area is 243 Å². The largest absolute Gasteiger partial charge is 0.493 e. The number of amides is 1. The standard InChI is InChI=1S/C32H31N5O5/c1-5-37(32(38)39)27-18-23(34-28(20-12-8-6-9-13-20)21-14-10-7-11-15-21)29-31(36-27)33-19-24(35-29)22-16-25(40-2)30(42-4)26(17-22)41-3/h6-19,28H,5H2,1-4H3,(H,38,39)(H,33,34,36). The van der Waals surface area contributed by atoms with E-state index in [1.165, 1.54) is 4.90 Å². The van der Waals surface area contributed by atoms with Crippen LogP contribution in [0.25, 0.3) is 22.4 Å². The first-order valence-corrected chi connectivity index (χ1v) is 13.3. The van der Waals surface area contributed by atoms with Crippen LogP contribution < -0.4 is 24.4 Å². The molecular formula is C32H31N5O5. The van der Waals surface area contributed by atoms with Crippen LogP contribution in [0.15, 0.2) is 85.1 Å². The molecule has 0 bridgehead atoms. The van der Waals surface area contributed by atoms with Gasteiger partial charge in [-0.25, -0.2) is 19.7 Å². The van der Waals surface area contributed by atoms with Crippen LogP contribution >= 0.6 is 0 Å². The fourth-order valence-corrected chi connectivity index (χ4v) is 4.80. The molecule has 3 aromatic carbocycles. The number of ether oxygens (including phenoxy) is 3. The highest BCUT2D eigenvalue weighted by molar-refractivity contribution is 5.93. The predicted molar refractivity (Wildman–Crippen MR) is 162 cm³/mol. The van der Waals surface area contributed by atoms with Crippen molar-refractivity contribution in [3.63, 3.8) is 0 Å². The number of aromatic nitrogens is 3. The molecule has 0 spiro atoms. The lowest BCUT2D eigenvalue weighted by atomic mass is 9.98. The molecule has 5 rings (SSSR count). The maximum Gasteiger partial charge on any atom is 0.413 e. The molecule has 0 fully saturated rings. The lowest BCUT2D eigenvalue weighted by molar-refractivity contribution is 0.202. The molecule has 42 heavy (non-hydrogen) atoms. The Bertz CT molecular complexity index is 1630. The molecule has 0 radical (unpaired) electrons. The minimum Gasteiger partial charge on any atom is -0.493 e. The van der Waals surface area contributed by atoms with Crippen molar-refractivity contribution < 1.29 is 24.1 Å². The first kappa shape index (κ1) is 28.2. The number of pyridine rings is 1. The maximum atomic E-state index is 12.1. The SMILES string of the molecule is CCN(C(=O)O)c1cc(NC(c2ccccc2)c2ccccc2)c2nc(-c3cc(OC)c(OC)c(OC)c3)cnc2n1. The Hall–Kier alpha value is -5.38. The fourth-order valence-electron chi connectivity index (χ4n) is 4.80. The Morgan fingerprint density at radius 3 is 1.98 bits per heavy atom. The molecule has 0 aliphatic carbocycles. The number of hydrogen-bond donors (Lipinski definition) is 2. The average Bonchev–Trinajstić information content (AvgIpc) is 3.03. The van der Waals surface area contributed by atoms with Gasteiger partial charge in [0.2, 0.25) is 5.75 Å². The number of rotatable bonds is 10. The molecule has 214 valence electrons. The minimum atomic E-state index is -1.11. The van der Waals surface area contributed by atoms with Gasteiger partial charge in [-0.1, -0.05) is 60.7 Å². The van der Waals surface area contributed by atoms with Gasteiger partial charge in [0.15, 0.2) is 17.1 Å². The molecule has 0 atom stereocenters. The van der Waals surface area contributed by atoms with Crippen molar-refractivity contribution in [3.8, 4) is 28.5 Å². The van der Waals surface area contributed by atoms with Crippen molar-refractivity contribution in [1.82, 2.24) is 15.0 Å². The second-order valence-corrected chi connectivity index (χ2v) is 9.30. The molecule has 0 unspecified atom stereocenters. The summed E-state index contributed by atoms with van der Waals surface area (Å²) in [5.74, 6) is 1.67. The second kappa shape index (κ2) is 12.4. The Kier molecular flexibility index (Phi) is 8.33. The predicted octanol–water partition coefficient (Wildman–Crippen LogP) is 6.42.